The largest absolute Gasteiger partial charge is 0.507 e. The summed E-state index contributed by atoms with van der Waals surface area (Å²) in [5.74, 6) is 1.24. The summed E-state index contributed by atoms with van der Waals surface area (Å²) in [5, 5.41) is 28.7. The van der Waals surface area contributed by atoms with E-state index in [1.165, 1.54) is 0 Å². The van der Waals surface area contributed by atoms with E-state index in [0.29, 0.717) is 66.8 Å². The molecule has 0 heterocycles. The Hall–Kier alpha value is -8.53. The van der Waals surface area contributed by atoms with Crippen LogP contribution in [-0.4, -0.2) is 63.3 Å². The molecule has 6 aromatic rings. The predicted molar refractivity (Wildman–Crippen MR) is 434 cm³/mol. The second kappa shape index (κ2) is 30.5. The molecule has 7 rings (SSSR count). The van der Waals surface area contributed by atoms with E-state index in [-0.39, 0.29) is 73.0 Å². The van der Waals surface area contributed by atoms with Crippen molar-refractivity contribution in [3.63, 3.8) is 0 Å². The van der Waals surface area contributed by atoms with Gasteiger partial charge in [0, 0.05) is 122 Å². The molecule has 0 saturated heterocycles. The Bertz CT molecular complexity index is 4120. The molecule has 1 aliphatic carbocycles. The van der Waals surface area contributed by atoms with Crippen molar-refractivity contribution in [1.82, 2.24) is 26.6 Å². The molecule has 0 spiro atoms. The highest BCUT2D eigenvalue weighted by molar-refractivity contribution is 5.78. The highest BCUT2D eigenvalue weighted by Gasteiger charge is 2.35. The van der Waals surface area contributed by atoms with Gasteiger partial charge in [-0.15, -0.1) is 0 Å². The van der Waals surface area contributed by atoms with E-state index in [4.69, 9.17) is 23.7 Å². The molecule has 16 nitrogen and oxygen atoms in total. The molecule has 16 heteroatoms. The number of nitrogens with one attached hydrogen (secondary N) is 5. The molecule has 5 amide bonds. The maximum Gasteiger partial charge on any atom is 0.413 e. The third-order valence-electron chi connectivity index (χ3n) is 18.3. The van der Waals surface area contributed by atoms with Crippen LogP contribution in [0.15, 0.2) is 72.8 Å². The van der Waals surface area contributed by atoms with Crippen molar-refractivity contribution in [2.45, 2.75) is 327 Å². The number of hydrogen-bond donors (Lipinski definition) is 6. The van der Waals surface area contributed by atoms with Gasteiger partial charge in [-0.25, -0.2) is 24.0 Å². The zero-order chi connectivity index (χ0) is 81.0. The predicted octanol–water partition coefficient (Wildman–Crippen LogP) is 21.5. The Balaban J connectivity index is 1.83. The fourth-order valence-corrected chi connectivity index (χ4v) is 12.7. The second-order valence-corrected chi connectivity index (χ2v) is 41.1. The number of phenols is 1. The summed E-state index contributed by atoms with van der Waals surface area (Å²) in [5.41, 5.74) is 5.76. The van der Waals surface area contributed by atoms with Crippen molar-refractivity contribution in [3.8, 4) is 34.5 Å². The summed E-state index contributed by atoms with van der Waals surface area (Å²) in [6.45, 7) is 66.5. The Morgan fingerprint density at radius 1 is 0.224 bits per heavy atom. The van der Waals surface area contributed by atoms with Crippen molar-refractivity contribution in [2.24, 2.45) is 0 Å². The lowest BCUT2D eigenvalue weighted by atomic mass is 9.79. The summed E-state index contributed by atoms with van der Waals surface area (Å²) in [4.78, 5) is 74.3. The van der Waals surface area contributed by atoms with E-state index in [9.17, 15) is 29.1 Å². The summed E-state index contributed by atoms with van der Waals surface area (Å²) < 4.78 is 34.1. The maximum absolute atomic E-state index is 14.9. The van der Waals surface area contributed by atoms with Crippen molar-refractivity contribution >= 4 is 30.5 Å². The molecule has 6 N–H and O–H groups in total. The van der Waals surface area contributed by atoms with Crippen molar-refractivity contribution < 1.29 is 52.8 Å². The van der Waals surface area contributed by atoms with Gasteiger partial charge in [0.05, 0.1) is 0 Å². The van der Waals surface area contributed by atoms with E-state index in [1.807, 2.05) is 116 Å². The molecule has 0 aliphatic heterocycles. The van der Waals surface area contributed by atoms with Crippen LogP contribution in [0.3, 0.4) is 0 Å². The third kappa shape index (κ3) is 24.0. The van der Waals surface area contributed by atoms with E-state index >= 15 is 0 Å². The van der Waals surface area contributed by atoms with Crippen LogP contribution in [0.5, 0.6) is 34.5 Å². The molecule has 0 aromatic heterocycles. The Labute approximate surface area is 641 Å². The number of hydrogen-bond acceptors (Lipinski definition) is 11. The van der Waals surface area contributed by atoms with Crippen LogP contribution in [-0.2, 0) is 71.0 Å². The quantitative estimate of drug-likeness (QED) is 0.0954. The number of aromatic hydroxyl groups is 1. The molecule has 0 saturated carbocycles. The SMILES string of the molecule is CC(C)(C)NC(=O)Oc1c2cc(C(C)(C)C)cc1Cc1cc(C(C)(C)C)cc(c1OC(=O)NC(C)(C)C)Cc1cc(C(C)(C)C)cc(c1OC(=O)NC(C)(C)C)Cc1cc(C(C)(C)C)cc(c1OC(=O)NC(C)(C)C)Cc1cc(C(C)(C)C)cc(c1OC(=O)NC(C)(C)C)Cc1cc(C(C)(C)C)cc(c1O)C2. The Morgan fingerprint density at radius 2 is 0.336 bits per heavy atom. The molecule has 0 atom stereocenters. The van der Waals surface area contributed by atoms with E-state index < -0.39 is 90.7 Å². The van der Waals surface area contributed by atoms with Gasteiger partial charge in [-0.1, -0.05) is 197 Å². The normalized spacial score (nSPS) is 13.8. The molecule has 0 unspecified atom stereocenters. The fourth-order valence-electron chi connectivity index (χ4n) is 12.7. The zero-order valence-electron chi connectivity index (χ0n) is 71.2. The first-order chi connectivity index (χ1) is 48.3. The van der Waals surface area contributed by atoms with Crippen molar-refractivity contribution in [3.05, 3.63) is 173 Å². The van der Waals surface area contributed by atoms with Gasteiger partial charge in [-0.2, -0.15) is 0 Å². The van der Waals surface area contributed by atoms with Crippen LogP contribution in [0.2, 0.25) is 0 Å². The lowest BCUT2D eigenvalue weighted by molar-refractivity contribution is 0.188. The number of phenolic OH excluding ortho intramolecular Hbond substituents is 1. The fraction of sp³-hybridized carbons (Fsp3) is 0.549. The summed E-state index contributed by atoms with van der Waals surface area (Å²) >= 11 is 0. The van der Waals surface area contributed by atoms with Gasteiger partial charge in [-0.3, -0.25) is 0 Å². The standard InChI is InChI=1S/C91H129N5O11/c1-81(2,3)64-40-52-34-54-42-65(82(4,5)6)44-56(71(54)103-76(98)92-87(19,20)21)36-58-46-67(84(10,11)12)48-60(73(58)105-78(100)94-89(25,26)27)38-62-50-69(86(16,17)18)51-63(75(62)107-80(102)96-91(31,32)33)39-61-49-68(85(13,14)15)47-59(74(61)106-79(101)95-90(28,29)30)37-57-45-66(83(7,8)9)43-55(35-53(41-64)70(52)97)72(57)104-77(99)93-88(22,23)24/h40-51,97H,34-39H2,1-33H3,(H,92,98)(H,93,99)(H,94,100)(H,95,101)(H,96,102). The summed E-state index contributed by atoms with van der Waals surface area (Å²) in [7, 11) is 0. The van der Waals surface area contributed by atoms with E-state index in [1.54, 1.807) is 0 Å². The van der Waals surface area contributed by atoms with Gasteiger partial charge in [-0.05, 0) is 181 Å². The molecule has 1 aliphatic rings. The van der Waals surface area contributed by atoms with Gasteiger partial charge in [0.25, 0.3) is 0 Å². The Morgan fingerprint density at radius 3 is 0.449 bits per heavy atom. The maximum atomic E-state index is 14.9. The second-order valence-electron chi connectivity index (χ2n) is 41.1. The third-order valence-corrected chi connectivity index (χ3v) is 18.3. The number of carbonyl (C=O) groups excluding carboxylic acids is 5. The average molecular weight is 1470 g/mol. The van der Waals surface area contributed by atoms with Gasteiger partial charge >= 0.3 is 30.5 Å². The minimum Gasteiger partial charge on any atom is -0.507 e. The van der Waals surface area contributed by atoms with Gasteiger partial charge in [0.1, 0.15) is 34.5 Å². The first-order valence-corrected chi connectivity index (χ1v) is 38.0. The van der Waals surface area contributed by atoms with Crippen LogP contribution in [0.1, 0.15) is 329 Å². The van der Waals surface area contributed by atoms with Gasteiger partial charge in [0.2, 0.25) is 0 Å². The molecule has 107 heavy (non-hydrogen) atoms. The van der Waals surface area contributed by atoms with E-state index in [2.05, 4.69) is 212 Å². The summed E-state index contributed by atoms with van der Waals surface area (Å²) in [6, 6.07) is 24.7. The molecule has 6 aromatic carbocycles. The molecule has 0 radical (unpaired) electrons. The topological polar surface area (TPSA) is 212 Å². The number of rotatable bonds is 5. The highest BCUT2D eigenvalue weighted by atomic mass is 16.6. The first-order valence-electron chi connectivity index (χ1n) is 38.0. The van der Waals surface area contributed by atoms with Crippen LogP contribution in [0.25, 0.3) is 0 Å². The molecule has 0 fully saturated rings. The first kappa shape index (κ1) is 85.7. The molecule has 584 valence electrons. The van der Waals surface area contributed by atoms with E-state index in [0.717, 1.165) is 33.4 Å². The highest BCUT2D eigenvalue weighted by Crippen LogP contribution is 2.47. The Kier molecular flexibility index (Phi) is 24.4. The number of ether oxygens (including phenoxy) is 5. The zero-order valence-corrected chi connectivity index (χ0v) is 71.2. The monoisotopic (exact) mass is 1470 g/mol. The lowest BCUT2D eigenvalue weighted by Gasteiger charge is -2.29. The number of fused-ring (bicyclic) bond motifs is 12. The van der Waals surface area contributed by atoms with Gasteiger partial charge < -0.3 is 55.4 Å². The van der Waals surface area contributed by atoms with Crippen molar-refractivity contribution in [2.75, 3.05) is 0 Å². The van der Waals surface area contributed by atoms with Gasteiger partial charge in [0.15, 0.2) is 0 Å². The van der Waals surface area contributed by atoms with Crippen LogP contribution in [0, 0.1) is 0 Å². The molecule has 12 bridgehead atoms. The van der Waals surface area contributed by atoms with Crippen LogP contribution >= 0.6 is 0 Å². The average Bonchev–Trinajstić information content (AvgIpc) is 0.771. The van der Waals surface area contributed by atoms with Crippen LogP contribution in [0.4, 0.5) is 24.0 Å². The van der Waals surface area contributed by atoms with Crippen LogP contribution < -0.4 is 50.3 Å². The number of amides is 5. The minimum atomic E-state index is -0.741. The molecular weight excluding hydrogens is 1340 g/mol. The number of benzene rings is 6. The summed E-state index contributed by atoms with van der Waals surface area (Å²) in [6.07, 6.45) is -3.16. The smallest absolute Gasteiger partial charge is 0.413 e. The minimum absolute atomic E-state index is 0.00346. The van der Waals surface area contributed by atoms with Crippen molar-refractivity contribution in [1.29, 1.82) is 0 Å². The number of carbonyl (C=O) groups is 5. The molecular formula is C91H129N5O11. The lowest BCUT2D eigenvalue weighted by Crippen LogP contribution is -2.42.